The monoisotopic (exact) mass is 368 g/mol. The Kier molecular flexibility index (Phi) is 5.32. The summed E-state index contributed by atoms with van der Waals surface area (Å²) in [5.41, 5.74) is 0. The van der Waals surface area contributed by atoms with Crippen LogP contribution in [0.3, 0.4) is 0 Å². The van der Waals surface area contributed by atoms with Gasteiger partial charge in [0.05, 0.1) is 0 Å². The molecule has 0 atom stereocenters. The molecule has 1 amide bonds. The van der Waals surface area contributed by atoms with Crippen LogP contribution in [-0.4, -0.2) is 48.2 Å². The van der Waals surface area contributed by atoms with E-state index in [1.807, 2.05) is 0 Å². The number of aryl methyl sites for hydroxylation is 1. The van der Waals surface area contributed by atoms with Crippen molar-refractivity contribution in [3.8, 4) is 0 Å². The van der Waals surface area contributed by atoms with Gasteiger partial charge in [-0.3, -0.25) is 4.79 Å². The lowest BCUT2D eigenvalue weighted by atomic mass is 10.3. The molecule has 1 aliphatic rings. The summed E-state index contributed by atoms with van der Waals surface area (Å²) < 4.78 is 26.8. The first-order valence-electron chi connectivity index (χ1n) is 7.93. The van der Waals surface area contributed by atoms with Crippen molar-refractivity contribution in [1.82, 2.24) is 19.6 Å². The number of carbonyl (C=O) groups excluding carboxylic acids is 1. The number of nitrogens with zero attached hydrogens (tertiary/aromatic N) is 2. The van der Waals surface area contributed by atoms with Crippen LogP contribution in [0.4, 0.5) is 0 Å². The van der Waals surface area contributed by atoms with Crippen LogP contribution in [0.2, 0.25) is 0 Å². The minimum absolute atomic E-state index is 0.123. The van der Waals surface area contributed by atoms with Gasteiger partial charge in [-0.2, -0.15) is 4.31 Å². The molecule has 0 unspecified atom stereocenters. The molecule has 2 aromatic heterocycles. The molecule has 0 radical (unpaired) electrons. The lowest BCUT2D eigenvalue weighted by Gasteiger charge is -2.15. The number of thiophene rings is 1. The Hall–Kier alpha value is -1.71. The van der Waals surface area contributed by atoms with Crippen LogP contribution < -0.4 is 5.32 Å². The molecule has 1 aliphatic heterocycles. The van der Waals surface area contributed by atoms with Crippen LogP contribution in [0.25, 0.3) is 0 Å². The van der Waals surface area contributed by atoms with Crippen LogP contribution in [0.5, 0.6) is 0 Å². The summed E-state index contributed by atoms with van der Waals surface area (Å²) >= 11 is 1.16. The van der Waals surface area contributed by atoms with Crippen LogP contribution >= 0.6 is 11.3 Å². The lowest BCUT2D eigenvalue weighted by Crippen LogP contribution is -2.30. The largest absolute Gasteiger partial charge is 0.351 e. The third-order valence-electron chi connectivity index (χ3n) is 3.95. The van der Waals surface area contributed by atoms with Crippen LogP contribution in [0.1, 0.15) is 34.8 Å². The molecule has 3 rings (SSSR count). The van der Waals surface area contributed by atoms with Crippen molar-refractivity contribution in [2.45, 2.75) is 30.6 Å². The Morgan fingerprint density at radius 3 is 2.88 bits per heavy atom. The molecule has 7 nitrogen and oxygen atoms in total. The minimum Gasteiger partial charge on any atom is -0.351 e. The van der Waals surface area contributed by atoms with Gasteiger partial charge in [0.15, 0.2) is 0 Å². The Labute approximate surface area is 145 Å². The number of nitrogens with one attached hydrogen (secondary N) is 2. The Morgan fingerprint density at radius 2 is 2.17 bits per heavy atom. The van der Waals surface area contributed by atoms with Crippen molar-refractivity contribution < 1.29 is 13.2 Å². The first-order chi connectivity index (χ1) is 11.6. The van der Waals surface area contributed by atoms with Gasteiger partial charge in [-0.1, -0.05) is 0 Å². The maximum absolute atomic E-state index is 12.6. The predicted molar refractivity (Wildman–Crippen MR) is 91.6 cm³/mol. The smallest absolute Gasteiger partial charge is 0.262 e. The Morgan fingerprint density at radius 1 is 1.38 bits per heavy atom. The van der Waals surface area contributed by atoms with Crippen molar-refractivity contribution in [3.63, 3.8) is 0 Å². The fourth-order valence-corrected chi connectivity index (χ4v) is 5.54. The number of H-pyrrole nitrogens is 1. The molecule has 2 N–H and O–H groups in total. The van der Waals surface area contributed by atoms with Crippen LogP contribution in [0, 0.1) is 0 Å². The van der Waals surface area contributed by atoms with Crippen molar-refractivity contribution in [2.24, 2.45) is 0 Å². The van der Waals surface area contributed by atoms with E-state index in [9.17, 15) is 13.2 Å². The third kappa shape index (κ3) is 3.68. The normalized spacial score (nSPS) is 15.7. The van der Waals surface area contributed by atoms with Gasteiger partial charge < -0.3 is 10.3 Å². The number of imidazole rings is 1. The van der Waals surface area contributed by atoms with E-state index in [0.29, 0.717) is 19.6 Å². The fourth-order valence-electron chi connectivity index (χ4n) is 2.71. The average molecular weight is 368 g/mol. The maximum atomic E-state index is 12.6. The molecule has 3 heterocycles. The summed E-state index contributed by atoms with van der Waals surface area (Å²) in [4.78, 5) is 19.9. The topological polar surface area (TPSA) is 95.2 Å². The number of hydrogen-bond donors (Lipinski definition) is 2. The summed E-state index contributed by atoms with van der Waals surface area (Å²) in [5.74, 6) is 0.542. The SMILES string of the molecule is O=C(NCCCc1ncc[nH]1)c1sccc1S(=O)(=O)N1CCCC1. The van der Waals surface area contributed by atoms with Crippen molar-refractivity contribution in [1.29, 1.82) is 0 Å². The zero-order valence-corrected chi connectivity index (χ0v) is 14.8. The van der Waals surface area contributed by atoms with Gasteiger partial charge in [0, 0.05) is 38.4 Å². The second-order valence-corrected chi connectivity index (χ2v) is 8.44. The molecule has 1 saturated heterocycles. The summed E-state index contributed by atoms with van der Waals surface area (Å²) in [6.07, 6.45) is 6.66. The number of sulfonamides is 1. The highest BCUT2D eigenvalue weighted by Gasteiger charge is 2.31. The standard InChI is InChI=1S/C15H20N4O3S2/c20-15(18-6-3-4-13-16-7-8-17-13)14-12(5-11-23-14)24(21,22)19-9-1-2-10-19/h5,7-8,11H,1-4,6,9-10H2,(H,16,17)(H,18,20). The van der Waals surface area contributed by atoms with E-state index in [0.717, 1.165) is 42.8 Å². The van der Waals surface area contributed by atoms with Gasteiger partial charge >= 0.3 is 0 Å². The molecule has 9 heteroatoms. The molecule has 0 aromatic carbocycles. The minimum atomic E-state index is -3.57. The predicted octanol–water partition coefficient (Wildman–Crippen LogP) is 1.62. The molecule has 130 valence electrons. The fraction of sp³-hybridized carbons (Fsp3) is 0.467. The summed E-state index contributed by atoms with van der Waals surface area (Å²) in [6, 6.07) is 1.52. The van der Waals surface area contributed by atoms with Crippen LogP contribution in [-0.2, 0) is 16.4 Å². The number of rotatable bonds is 7. The van der Waals surface area contributed by atoms with E-state index < -0.39 is 10.0 Å². The van der Waals surface area contributed by atoms with Gasteiger partial charge in [0.25, 0.3) is 5.91 Å². The zero-order chi connectivity index (χ0) is 17.0. The highest BCUT2D eigenvalue weighted by atomic mass is 32.2. The van der Waals surface area contributed by atoms with Gasteiger partial charge in [0.1, 0.15) is 15.6 Å². The molecule has 0 saturated carbocycles. The second kappa shape index (κ2) is 7.45. The number of aromatic amines is 1. The molecule has 24 heavy (non-hydrogen) atoms. The number of hydrogen-bond acceptors (Lipinski definition) is 5. The van der Waals surface area contributed by atoms with E-state index in [2.05, 4.69) is 15.3 Å². The molecule has 0 aliphatic carbocycles. The van der Waals surface area contributed by atoms with E-state index >= 15 is 0 Å². The van der Waals surface area contributed by atoms with E-state index in [1.165, 1.54) is 10.4 Å². The molecule has 2 aromatic rings. The molecule has 1 fully saturated rings. The van der Waals surface area contributed by atoms with Gasteiger partial charge in [-0.15, -0.1) is 11.3 Å². The van der Waals surface area contributed by atoms with E-state index in [4.69, 9.17) is 0 Å². The Balaban J connectivity index is 1.60. The molecular weight excluding hydrogens is 348 g/mol. The first kappa shape index (κ1) is 17.1. The number of carbonyl (C=O) groups is 1. The van der Waals surface area contributed by atoms with Gasteiger partial charge in [-0.25, -0.2) is 13.4 Å². The summed E-state index contributed by atoms with van der Waals surface area (Å²) in [7, 11) is -3.57. The summed E-state index contributed by atoms with van der Waals surface area (Å²) in [5, 5.41) is 4.45. The quantitative estimate of drug-likeness (QED) is 0.726. The average Bonchev–Trinajstić information content (AvgIpc) is 3.33. The Bertz CT molecular complexity index is 778. The highest BCUT2D eigenvalue weighted by Crippen LogP contribution is 2.27. The molecule has 0 bridgehead atoms. The van der Waals surface area contributed by atoms with E-state index in [1.54, 1.807) is 17.8 Å². The highest BCUT2D eigenvalue weighted by molar-refractivity contribution is 7.89. The van der Waals surface area contributed by atoms with Crippen LogP contribution in [0.15, 0.2) is 28.7 Å². The molecule has 0 spiro atoms. The van der Waals surface area contributed by atoms with Gasteiger partial charge in [-0.05, 0) is 30.7 Å². The molecular formula is C15H20N4O3S2. The van der Waals surface area contributed by atoms with Crippen molar-refractivity contribution in [2.75, 3.05) is 19.6 Å². The number of amides is 1. The zero-order valence-electron chi connectivity index (χ0n) is 13.2. The maximum Gasteiger partial charge on any atom is 0.262 e. The number of aromatic nitrogens is 2. The first-order valence-corrected chi connectivity index (χ1v) is 10.2. The third-order valence-corrected chi connectivity index (χ3v) is 6.93. The second-order valence-electron chi connectivity index (χ2n) is 5.62. The lowest BCUT2D eigenvalue weighted by molar-refractivity contribution is 0.0954. The van der Waals surface area contributed by atoms with E-state index in [-0.39, 0.29) is 15.7 Å². The van der Waals surface area contributed by atoms with Crippen molar-refractivity contribution in [3.05, 3.63) is 34.5 Å². The summed E-state index contributed by atoms with van der Waals surface area (Å²) in [6.45, 7) is 1.53. The van der Waals surface area contributed by atoms with Crippen molar-refractivity contribution >= 4 is 27.3 Å². The van der Waals surface area contributed by atoms with Gasteiger partial charge in [0.2, 0.25) is 10.0 Å².